The predicted octanol–water partition coefficient (Wildman–Crippen LogP) is 2.35. The van der Waals surface area contributed by atoms with E-state index >= 15 is 0 Å². The van der Waals surface area contributed by atoms with Gasteiger partial charge in [-0.05, 0) is 43.9 Å². The summed E-state index contributed by atoms with van der Waals surface area (Å²) < 4.78 is 0. The molecule has 1 aliphatic carbocycles. The summed E-state index contributed by atoms with van der Waals surface area (Å²) in [6.07, 6.45) is 10.6. The lowest BCUT2D eigenvalue weighted by Crippen LogP contribution is -2.48. The molecule has 114 valence electrons. The second-order valence-corrected chi connectivity index (χ2v) is 6.43. The number of carbonyl (C=O) groups is 1. The van der Waals surface area contributed by atoms with Crippen molar-refractivity contribution in [3.63, 3.8) is 0 Å². The highest BCUT2D eigenvalue weighted by atomic mass is 16.1. The van der Waals surface area contributed by atoms with Crippen molar-refractivity contribution >= 4 is 5.91 Å². The molecular weight excluding hydrogens is 262 g/mol. The van der Waals surface area contributed by atoms with E-state index in [1.165, 1.54) is 18.4 Å². The number of rotatable bonds is 4. The van der Waals surface area contributed by atoms with Crippen molar-refractivity contribution in [1.82, 2.24) is 15.2 Å². The van der Waals surface area contributed by atoms with Crippen molar-refractivity contribution in [2.45, 2.75) is 51.1 Å². The third-order valence-corrected chi connectivity index (χ3v) is 4.71. The van der Waals surface area contributed by atoms with E-state index in [0.29, 0.717) is 11.9 Å². The molecule has 1 aromatic rings. The summed E-state index contributed by atoms with van der Waals surface area (Å²) in [5, 5.41) is 3.28. The van der Waals surface area contributed by atoms with Crippen LogP contribution in [0, 0.1) is 5.92 Å². The normalized spacial score (nSPS) is 24.1. The minimum Gasteiger partial charge on any atom is -0.352 e. The summed E-state index contributed by atoms with van der Waals surface area (Å²) in [6.45, 7) is 3.02. The minimum absolute atomic E-state index is 0.277. The first-order valence-electron chi connectivity index (χ1n) is 8.23. The van der Waals surface area contributed by atoms with Gasteiger partial charge in [0, 0.05) is 37.4 Å². The standard InChI is InChI=1S/C17H25N3O/c21-17(15-6-1-2-7-15)19-16-8-4-10-20(13-16)12-14-5-3-9-18-11-14/h3,5,9,11,15-16H,1-2,4,6-8,10,12-13H2,(H,19,21)/t16-/m1/s1. The van der Waals surface area contributed by atoms with Gasteiger partial charge < -0.3 is 5.32 Å². The quantitative estimate of drug-likeness (QED) is 0.924. The van der Waals surface area contributed by atoms with E-state index < -0.39 is 0 Å². The van der Waals surface area contributed by atoms with E-state index in [2.05, 4.69) is 21.3 Å². The molecule has 2 aliphatic rings. The first-order valence-corrected chi connectivity index (χ1v) is 8.23. The lowest BCUT2D eigenvalue weighted by Gasteiger charge is -2.33. The molecule has 0 radical (unpaired) electrons. The van der Waals surface area contributed by atoms with Gasteiger partial charge in [0.2, 0.25) is 5.91 Å². The molecule has 0 unspecified atom stereocenters. The van der Waals surface area contributed by atoms with E-state index in [1.54, 1.807) is 0 Å². The number of likely N-dealkylation sites (tertiary alicyclic amines) is 1. The van der Waals surface area contributed by atoms with Gasteiger partial charge in [-0.25, -0.2) is 0 Å². The maximum Gasteiger partial charge on any atom is 0.223 e. The van der Waals surface area contributed by atoms with Gasteiger partial charge in [0.05, 0.1) is 0 Å². The Labute approximate surface area is 126 Å². The van der Waals surface area contributed by atoms with Crippen LogP contribution >= 0.6 is 0 Å². The van der Waals surface area contributed by atoms with Crippen molar-refractivity contribution in [2.24, 2.45) is 5.92 Å². The van der Waals surface area contributed by atoms with Gasteiger partial charge in [-0.3, -0.25) is 14.7 Å². The second kappa shape index (κ2) is 7.03. The molecule has 4 nitrogen and oxygen atoms in total. The van der Waals surface area contributed by atoms with Gasteiger partial charge in [0.15, 0.2) is 0 Å². The molecule has 1 N–H and O–H groups in total. The molecule has 21 heavy (non-hydrogen) atoms. The molecule has 1 aromatic heterocycles. The molecule has 1 amide bonds. The van der Waals surface area contributed by atoms with Gasteiger partial charge >= 0.3 is 0 Å². The average Bonchev–Trinajstić information content (AvgIpc) is 3.03. The number of pyridine rings is 1. The van der Waals surface area contributed by atoms with E-state index in [1.807, 2.05) is 18.5 Å². The Morgan fingerprint density at radius 3 is 2.90 bits per heavy atom. The second-order valence-electron chi connectivity index (χ2n) is 6.43. The van der Waals surface area contributed by atoms with Crippen LogP contribution < -0.4 is 5.32 Å². The zero-order chi connectivity index (χ0) is 14.5. The monoisotopic (exact) mass is 287 g/mol. The number of carbonyl (C=O) groups excluding carboxylic acids is 1. The minimum atomic E-state index is 0.277. The molecule has 3 rings (SSSR count). The summed E-state index contributed by atoms with van der Waals surface area (Å²) in [7, 11) is 0. The van der Waals surface area contributed by atoms with E-state index in [9.17, 15) is 4.79 Å². The largest absolute Gasteiger partial charge is 0.352 e. The topological polar surface area (TPSA) is 45.2 Å². The first kappa shape index (κ1) is 14.5. The molecular formula is C17H25N3O. The zero-order valence-electron chi connectivity index (χ0n) is 12.6. The number of hydrogen-bond donors (Lipinski definition) is 1. The van der Waals surface area contributed by atoms with Crippen LogP contribution in [0.3, 0.4) is 0 Å². The van der Waals surface area contributed by atoms with Crippen LogP contribution in [-0.4, -0.2) is 34.9 Å². The highest BCUT2D eigenvalue weighted by molar-refractivity contribution is 5.79. The molecule has 0 bridgehead atoms. The van der Waals surface area contributed by atoms with Crippen molar-refractivity contribution in [2.75, 3.05) is 13.1 Å². The molecule has 1 saturated carbocycles. The van der Waals surface area contributed by atoms with Gasteiger partial charge in [-0.1, -0.05) is 18.9 Å². The SMILES string of the molecule is O=C(N[C@@H]1CCCN(Cc2cccnc2)C1)C1CCCC1. The third-order valence-electron chi connectivity index (χ3n) is 4.71. The predicted molar refractivity (Wildman–Crippen MR) is 82.6 cm³/mol. The van der Waals surface area contributed by atoms with Gasteiger partial charge in [0.25, 0.3) is 0 Å². The Balaban J connectivity index is 1.49. The number of aromatic nitrogens is 1. The zero-order valence-corrected chi connectivity index (χ0v) is 12.6. The van der Waals surface area contributed by atoms with Crippen LogP contribution in [0.15, 0.2) is 24.5 Å². The van der Waals surface area contributed by atoms with E-state index in [-0.39, 0.29) is 5.92 Å². The fourth-order valence-corrected chi connectivity index (χ4v) is 3.57. The lowest BCUT2D eigenvalue weighted by atomic mass is 10.0. The molecule has 0 aromatic carbocycles. The Hall–Kier alpha value is -1.42. The van der Waals surface area contributed by atoms with Crippen molar-refractivity contribution < 1.29 is 4.79 Å². The van der Waals surface area contributed by atoms with Crippen LogP contribution in [0.2, 0.25) is 0 Å². The molecule has 4 heteroatoms. The van der Waals surface area contributed by atoms with Crippen LogP contribution in [-0.2, 0) is 11.3 Å². The number of nitrogens with zero attached hydrogens (tertiary/aromatic N) is 2. The van der Waals surface area contributed by atoms with Crippen molar-refractivity contribution in [1.29, 1.82) is 0 Å². The van der Waals surface area contributed by atoms with Gasteiger partial charge in [-0.15, -0.1) is 0 Å². The Kier molecular flexibility index (Phi) is 4.86. The number of amides is 1. The van der Waals surface area contributed by atoms with Gasteiger partial charge in [-0.2, -0.15) is 0 Å². The molecule has 1 saturated heterocycles. The fraction of sp³-hybridized carbons (Fsp3) is 0.647. The summed E-state index contributed by atoms with van der Waals surface area (Å²) in [4.78, 5) is 18.8. The maximum atomic E-state index is 12.2. The van der Waals surface area contributed by atoms with Crippen molar-refractivity contribution in [3.8, 4) is 0 Å². The summed E-state index contributed by atoms with van der Waals surface area (Å²) in [5.41, 5.74) is 1.25. The summed E-state index contributed by atoms with van der Waals surface area (Å²) in [5.74, 6) is 0.569. The van der Waals surface area contributed by atoms with E-state index in [0.717, 1.165) is 45.3 Å². The number of piperidine rings is 1. The molecule has 2 fully saturated rings. The number of hydrogen-bond acceptors (Lipinski definition) is 3. The Bertz CT molecular complexity index is 456. The first-order chi connectivity index (χ1) is 10.3. The molecule has 1 atom stereocenters. The molecule has 2 heterocycles. The van der Waals surface area contributed by atoms with Crippen LogP contribution in [0.5, 0.6) is 0 Å². The average molecular weight is 287 g/mol. The van der Waals surface area contributed by atoms with Crippen LogP contribution in [0.25, 0.3) is 0 Å². The number of nitrogens with one attached hydrogen (secondary N) is 1. The van der Waals surface area contributed by atoms with E-state index in [4.69, 9.17) is 0 Å². The van der Waals surface area contributed by atoms with Crippen molar-refractivity contribution in [3.05, 3.63) is 30.1 Å². The highest BCUT2D eigenvalue weighted by Gasteiger charge is 2.27. The van der Waals surface area contributed by atoms with Crippen LogP contribution in [0.4, 0.5) is 0 Å². The van der Waals surface area contributed by atoms with Crippen LogP contribution in [0.1, 0.15) is 44.1 Å². The summed E-state index contributed by atoms with van der Waals surface area (Å²) in [6, 6.07) is 4.43. The smallest absolute Gasteiger partial charge is 0.223 e. The van der Waals surface area contributed by atoms with Gasteiger partial charge in [0.1, 0.15) is 0 Å². The molecule has 1 aliphatic heterocycles. The fourth-order valence-electron chi connectivity index (χ4n) is 3.57. The molecule has 0 spiro atoms. The third kappa shape index (κ3) is 4.03. The Morgan fingerprint density at radius 2 is 2.14 bits per heavy atom. The maximum absolute atomic E-state index is 12.2. The highest BCUT2D eigenvalue weighted by Crippen LogP contribution is 2.25. The Morgan fingerprint density at radius 1 is 1.29 bits per heavy atom. The summed E-state index contributed by atoms with van der Waals surface area (Å²) >= 11 is 0. The lowest BCUT2D eigenvalue weighted by molar-refractivity contribution is -0.125.